The Hall–Kier alpha value is -1.66. The predicted molar refractivity (Wildman–Crippen MR) is 65.5 cm³/mol. The first-order valence-electron chi connectivity index (χ1n) is 5.83. The Labute approximate surface area is 105 Å². The van der Waals surface area contributed by atoms with Gasteiger partial charge in [-0.3, -0.25) is 10.1 Å². The molecule has 2 rings (SSSR count). The molecule has 0 aliphatic heterocycles. The Morgan fingerprint density at radius 3 is 2.89 bits per heavy atom. The minimum absolute atomic E-state index is 0.000344. The van der Waals surface area contributed by atoms with Crippen LogP contribution in [0, 0.1) is 10.1 Å². The summed E-state index contributed by atoms with van der Waals surface area (Å²) in [6.07, 6.45) is 2.42. The molecule has 1 aliphatic rings. The number of rotatable bonds is 7. The van der Waals surface area contributed by atoms with Crippen molar-refractivity contribution in [3.8, 4) is 5.75 Å². The second-order valence-electron chi connectivity index (χ2n) is 4.27. The first-order chi connectivity index (χ1) is 8.70. The molecule has 1 N–H and O–H groups in total. The summed E-state index contributed by atoms with van der Waals surface area (Å²) in [5.41, 5.74) is 0.931. The fraction of sp³-hybridized carbons (Fsp3) is 0.500. The quantitative estimate of drug-likeness (QED) is 0.455. The zero-order chi connectivity index (χ0) is 13.0. The molecule has 1 aromatic rings. The lowest BCUT2D eigenvalue weighted by Crippen LogP contribution is -2.15. The highest BCUT2D eigenvalue weighted by atomic mass is 16.7. The standard InChI is InChI=1S/C12H16N2O4/c1-17-8-18-12-6-9(7-13-10-3-4-10)2-5-11(12)14(15)16/h2,5-6,10,13H,3-4,7-8H2,1H3. The Morgan fingerprint density at radius 2 is 2.28 bits per heavy atom. The highest BCUT2D eigenvalue weighted by Gasteiger charge is 2.21. The lowest BCUT2D eigenvalue weighted by Gasteiger charge is -2.08. The zero-order valence-electron chi connectivity index (χ0n) is 10.2. The molecule has 0 radical (unpaired) electrons. The normalized spacial score (nSPS) is 14.5. The Balaban J connectivity index is 2.08. The summed E-state index contributed by atoms with van der Waals surface area (Å²) in [5, 5.41) is 14.2. The van der Waals surface area contributed by atoms with Crippen LogP contribution in [-0.2, 0) is 11.3 Å². The van der Waals surface area contributed by atoms with Crippen LogP contribution >= 0.6 is 0 Å². The predicted octanol–water partition coefficient (Wildman–Crippen LogP) is 1.83. The number of hydrogen-bond donors (Lipinski definition) is 1. The van der Waals surface area contributed by atoms with Crippen LogP contribution in [0.2, 0.25) is 0 Å². The van der Waals surface area contributed by atoms with Gasteiger partial charge in [0.05, 0.1) is 4.92 Å². The van der Waals surface area contributed by atoms with Crippen molar-refractivity contribution in [2.75, 3.05) is 13.9 Å². The minimum Gasteiger partial charge on any atom is -0.460 e. The third-order valence-corrected chi connectivity index (χ3v) is 2.73. The van der Waals surface area contributed by atoms with Crippen LogP contribution in [-0.4, -0.2) is 24.9 Å². The molecular weight excluding hydrogens is 236 g/mol. The van der Waals surface area contributed by atoms with Gasteiger partial charge in [0.15, 0.2) is 12.5 Å². The van der Waals surface area contributed by atoms with E-state index in [-0.39, 0.29) is 18.2 Å². The average Bonchev–Trinajstić information content (AvgIpc) is 3.17. The summed E-state index contributed by atoms with van der Waals surface area (Å²) in [6, 6.07) is 5.50. The molecule has 1 aliphatic carbocycles. The van der Waals surface area contributed by atoms with E-state index in [1.165, 1.54) is 26.0 Å². The largest absolute Gasteiger partial charge is 0.460 e. The summed E-state index contributed by atoms with van der Waals surface area (Å²) in [4.78, 5) is 10.4. The summed E-state index contributed by atoms with van der Waals surface area (Å²) in [6.45, 7) is 0.701. The van der Waals surface area contributed by atoms with Gasteiger partial charge < -0.3 is 14.8 Å². The Morgan fingerprint density at radius 1 is 1.50 bits per heavy atom. The molecule has 0 spiro atoms. The molecule has 1 fully saturated rings. The highest BCUT2D eigenvalue weighted by molar-refractivity contribution is 5.48. The first-order valence-corrected chi connectivity index (χ1v) is 5.83. The molecule has 0 aromatic heterocycles. The molecule has 0 saturated heterocycles. The van der Waals surface area contributed by atoms with Crippen molar-refractivity contribution in [2.24, 2.45) is 0 Å². The third-order valence-electron chi connectivity index (χ3n) is 2.73. The third kappa shape index (κ3) is 3.41. The van der Waals surface area contributed by atoms with Crippen LogP contribution in [0.15, 0.2) is 18.2 Å². The van der Waals surface area contributed by atoms with E-state index in [1.807, 2.05) is 0 Å². The van der Waals surface area contributed by atoms with Crippen molar-refractivity contribution < 1.29 is 14.4 Å². The molecular formula is C12H16N2O4. The molecule has 6 nitrogen and oxygen atoms in total. The second kappa shape index (κ2) is 5.79. The van der Waals surface area contributed by atoms with Crippen LogP contribution in [0.5, 0.6) is 5.75 Å². The molecule has 0 atom stereocenters. The van der Waals surface area contributed by atoms with Crippen molar-refractivity contribution >= 4 is 5.69 Å². The van der Waals surface area contributed by atoms with Crippen LogP contribution in [0.4, 0.5) is 5.69 Å². The van der Waals surface area contributed by atoms with E-state index in [0.29, 0.717) is 12.6 Å². The number of nitrogens with zero attached hydrogens (tertiary/aromatic N) is 1. The highest BCUT2D eigenvalue weighted by Crippen LogP contribution is 2.28. The van der Waals surface area contributed by atoms with Gasteiger partial charge >= 0.3 is 5.69 Å². The van der Waals surface area contributed by atoms with E-state index in [1.54, 1.807) is 12.1 Å². The van der Waals surface area contributed by atoms with Crippen LogP contribution in [0.3, 0.4) is 0 Å². The molecule has 1 aromatic carbocycles. The van der Waals surface area contributed by atoms with Gasteiger partial charge in [-0.2, -0.15) is 0 Å². The maximum Gasteiger partial charge on any atom is 0.311 e. The van der Waals surface area contributed by atoms with E-state index in [0.717, 1.165) is 5.56 Å². The monoisotopic (exact) mass is 252 g/mol. The van der Waals surface area contributed by atoms with Crippen molar-refractivity contribution in [1.82, 2.24) is 5.32 Å². The number of hydrogen-bond acceptors (Lipinski definition) is 5. The van der Waals surface area contributed by atoms with Gasteiger partial charge in [-0.25, -0.2) is 0 Å². The summed E-state index contributed by atoms with van der Waals surface area (Å²) < 4.78 is 9.99. The van der Waals surface area contributed by atoms with E-state index in [9.17, 15) is 10.1 Å². The van der Waals surface area contributed by atoms with Gasteiger partial charge in [0, 0.05) is 25.8 Å². The molecule has 98 valence electrons. The van der Waals surface area contributed by atoms with Gasteiger partial charge in [-0.1, -0.05) is 6.07 Å². The molecule has 0 bridgehead atoms. The fourth-order valence-electron chi connectivity index (χ4n) is 1.61. The number of methoxy groups -OCH3 is 1. The molecule has 0 amide bonds. The summed E-state index contributed by atoms with van der Waals surface area (Å²) >= 11 is 0. The lowest BCUT2D eigenvalue weighted by molar-refractivity contribution is -0.386. The van der Waals surface area contributed by atoms with E-state index < -0.39 is 4.92 Å². The molecule has 0 unspecified atom stereocenters. The topological polar surface area (TPSA) is 73.6 Å². The number of benzene rings is 1. The number of ether oxygens (including phenoxy) is 2. The van der Waals surface area contributed by atoms with E-state index in [4.69, 9.17) is 9.47 Å². The first kappa shape index (κ1) is 12.8. The van der Waals surface area contributed by atoms with Gasteiger partial charge in [0.2, 0.25) is 0 Å². The Bertz CT molecular complexity index is 432. The average molecular weight is 252 g/mol. The van der Waals surface area contributed by atoms with Crippen LogP contribution in [0.1, 0.15) is 18.4 Å². The van der Waals surface area contributed by atoms with Crippen LogP contribution < -0.4 is 10.1 Å². The number of nitro benzene ring substituents is 1. The van der Waals surface area contributed by atoms with Gasteiger partial charge in [0.25, 0.3) is 0 Å². The van der Waals surface area contributed by atoms with E-state index in [2.05, 4.69) is 5.32 Å². The smallest absolute Gasteiger partial charge is 0.311 e. The van der Waals surface area contributed by atoms with Crippen LogP contribution in [0.25, 0.3) is 0 Å². The van der Waals surface area contributed by atoms with Gasteiger partial charge in [-0.15, -0.1) is 0 Å². The molecule has 6 heteroatoms. The number of nitrogens with one attached hydrogen (secondary N) is 1. The Kier molecular flexibility index (Phi) is 4.11. The maximum absolute atomic E-state index is 10.8. The maximum atomic E-state index is 10.8. The van der Waals surface area contributed by atoms with E-state index >= 15 is 0 Å². The van der Waals surface area contributed by atoms with Gasteiger partial charge in [-0.05, 0) is 24.5 Å². The molecule has 1 saturated carbocycles. The lowest BCUT2D eigenvalue weighted by atomic mass is 10.2. The molecule has 0 heterocycles. The minimum atomic E-state index is -0.455. The van der Waals surface area contributed by atoms with Gasteiger partial charge in [0.1, 0.15) is 0 Å². The fourth-order valence-corrected chi connectivity index (χ4v) is 1.61. The van der Waals surface area contributed by atoms with Crippen molar-refractivity contribution in [3.63, 3.8) is 0 Å². The zero-order valence-corrected chi connectivity index (χ0v) is 10.2. The van der Waals surface area contributed by atoms with Crippen molar-refractivity contribution in [3.05, 3.63) is 33.9 Å². The number of nitro groups is 1. The summed E-state index contributed by atoms with van der Waals surface area (Å²) in [7, 11) is 1.48. The SMILES string of the molecule is COCOc1cc(CNC2CC2)ccc1[N+](=O)[O-]. The van der Waals surface area contributed by atoms with Crippen molar-refractivity contribution in [2.45, 2.75) is 25.4 Å². The van der Waals surface area contributed by atoms with Crippen molar-refractivity contribution in [1.29, 1.82) is 0 Å². The molecule has 18 heavy (non-hydrogen) atoms. The summed E-state index contributed by atoms with van der Waals surface area (Å²) in [5.74, 6) is 0.247. The second-order valence-corrected chi connectivity index (χ2v) is 4.27.